The van der Waals surface area contributed by atoms with E-state index in [1.165, 1.54) is 6.42 Å². The lowest BCUT2D eigenvalue weighted by molar-refractivity contribution is 0.476. The number of halogens is 1. The molecule has 2 rings (SSSR count). The average Bonchev–Trinajstić information content (AvgIpc) is 2.27. The summed E-state index contributed by atoms with van der Waals surface area (Å²) in [6, 6.07) is 2.54. The highest BCUT2D eigenvalue weighted by molar-refractivity contribution is 9.10. The second kappa shape index (κ2) is 4.39. The highest BCUT2D eigenvalue weighted by Gasteiger charge is 2.22. The molecule has 2 N–H and O–H groups in total. The second-order valence-corrected chi connectivity index (χ2v) is 4.98. The van der Waals surface area contributed by atoms with E-state index in [0.717, 1.165) is 22.5 Å². The molecular formula is C11H16BrN3. The van der Waals surface area contributed by atoms with Gasteiger partial charge in [0.15, 0.2) is 0 Å². The summed E-state index contributed by atoms with van der Waals surface area (Å²) in [6.45, 7) is 5.46. The number of hydrogen-bond acceptors (Lipinski definition) is 3. The van der Waals surface area contributed by atoms with E-state index in [9.17, 15) is 0 Å². The van der Waals surface area contributed by atoms with Gasteiger partial charge in [-0.05, 0) is 27.9 Å². The predicted octanol–water partition coefficient (Wildman–Crippen LogP) is 3.10. The van der Waals surface area contributed by atoms with Crippen molar-refractivity contribution in [3.63, 3.8) is 0 Å². The quantitative estimate of drug-likeness (QED) is 0.867. The molecule has 2 heterocycles. The molecule has 1 aromatic rings. The third-order valence-corrected chi connectivity index (χ3v) is 3.45. The number of nitrogens with one attached hydrogen (secondary N) is 2. The molecule has 0 amide bonds. The topological polar surface area (TPSA) is 37.0 Å². The minimum Gasteiger partial charge on any atom is -0.380 e. The summed E-state index contributed by atoms with van der Waals surface area (Å²) in [5.74, 6) is 1.63. The zero-order valence-electron chi connectivity index (χ0n) is 9.05. The molecule has 0 spiro atoms. The maximum atomic E-state index is 4.37. The number of aromatic nitrogens is 1. The molecule has 3 nitrogen and oxygen atoms in total. The maximum Gasteiger partial charge on any atom is 0.149 e. The minimum absolute atomic E-state index is 0.483. The van der Waals surface area contributed by atoms with Gasteiger partial charge >= 0.3 is 0 Å². The van der Waals surface area contributed by atoms with Crippen LogP contribution in [0.15, 0.2) is 16.7 Å². The van der Waals surface area contributed by atoms with Crippen molar-refractivity contribution < 1.29 is 0 Å². The summed E-state index contributed by atoms with van der Waals surface area (Å²) in [5.41, 5.74) is 1.09. The molecule has 0 aliphatic carbocycles. The van der Waals surface area contributed by atoms with E-state index in [1.54, 1.807) is 0 Å². The summed E-state index contributed by atoms with van der Waals surface area (Å²) in [4.78, 5) is 4.37. The average molecular weight is 270 g/mol. The highest BCUT2D eigenvalue weighted by Crippen LogP contribution is 2.28. The standard InChI is InChI=1S/C11H16BrN3/c1-3-7(2)10-6-13-9-4-8(12)5-14-11(9)15-10/h4-5,7,10,13H,3,6H2,1-2H3,(H,14,15). The number of nitrogens with zero attached hydrogens (tertiary/aromatic N) is 1. The molecule has 0 saturated heterocycles. The fraction of sp³-hybridized carbons (Fsp3) is 0.545. The van der Waals surface area contributed by atoms with Crippen LogP contribution in [0.5, 0.6) is 0 Å². The SMILES string of the molecule is CCC(C)C1CNc2cc(Br)cnc2N1. The molecule has 2 unspecified atom stereocenters. The van der Waals surface area contributed by atoms with Crippen LogP contribution in [-0.4, -0.2) is 17.6 Å². The Morgan fingerprint density at radius 1 is 1.67 bits per heavy atom. The normalized spacial score (nSPS) is 21.1. The first-order valence-electron chi connectivity index (χ1n) is 5.36. The fourth-order valence-electron chi connectivity index (χ4n) is 1.76. The van der Waals surface area contributed by atoms with Gasteiger partial charge in [0.25, 0.3) is 0 Å². The largest absolute Gasteiger partial charge is 0.380 e. The molecule has 1 aliphatic heterocycles. The van der Waals surface area contributed by atoms with Crippen molar-refractivity contribution in [3.8, 4) is 0 Å². The van der Waals surface area contributed by atoms with Crippen LogP contribution in [0.4, 0.5) is 11.5 Å². The van der Waals surface area contributed by atoms with Gasteiger partial charge in [-0.3, -0.25) is 0 Å². The van der Waals surface area contributed by atoms with Gasteiger partial charge in [-0.25, -0.2) is 4.98 Å². The summed E-state index contributed by atoms with van der Waals surface area (Å²) in [5, 5.41) is 6.89. The third kappa shape index (κ3) is 2.25. The van der Waals surface area contributed by atoms with Crippen LogP contribution >= 0.6 is 15.9 Å². The zero-order chi connectivity index (χ0) is 10.8. The Labute approximate surface area is 98.8 Å². The van der Waals surface area contributed by atoms with E-state index in [0.29, 0.717) is 12.0 Å². The van der Waals surface area contributed by atoms with Crippen molar-refractivity contribution >= 4 is 27.4 Å². The lowest BCUT2D eigenvalue weighted by atomic mass is 9.98. The number of pyridine rings is 1. The van der Waals surface area contributed by atoms with Crippen LogP contribution in [0.2, 0.25) is 0 Å². The van der Waals surface area contributed by atoms with Crippen LogP contribution < -0.4 is 10.6 Å². The van der Waals surface area contributed by atoms with Crippen molar-refractivity contribution in [2.75, 3.05) is 17.2 Å². The molecule has 0 saturated carbocycles. The van der Waals surface area contributed by atoms with Gasteiger partial charge in [0.1, 0.15) is 5.82 Å². The van der Waals surface area contributed by atoms with E-state index >= 15 is 0 Å². The van der Waals surface area contributed by atoms with Gasteiger partial charge in [0, 0.05) is 23.3 Å². The molecule has 2 atom stereocenters. The van der Waals surface area contributed by atoms with Crippen LogP contribution in [0, 0.1) is 5.92 Å². The van der Waals surface area contributed by atoms with E-state index in [-0.39, 0.29) is 0 Å². The molecule has 15 heavy (non-hydrogen) atoms. The summed E-state index contributed by atoms with van der Waals surface area (Å²) in [6.07, 6.45) is 3.01. The number of rotatable bonds is 2. The van der Waals surface area contributed by atoms with Crippen LogP contribution in [0.3, 0.4) is 0 Å². The maximum absolute atomic E-state index is 4.37. The van der Waals surface area contributed by atoms with E-state index in [2.05, 4.69) is 51.5 Å². The first-order valence-corrected chi connectivity index (χ1v) is 6.16. The van der Waals surface area contributed by atoms with Crippen molar-refractivity contribution in [1.29, 1.82) is 0 Å². The lowest BCUT2D eigenvalue weighted by Crippen LogP contribution is -2.38. The number of fused-ring (bicyclic) bond motifs is 1. The Balaban J connectivity index is 2.16. The highest BCUT2D eigenvalue weighted by atomic mass is 79.9. The molecular weight excluding hydrogens is 254 g/mol. The fourth-order valence-corrected chi connectivity index (χ4v) is 2.09. The van der Waals surface area contributed by atoms with Crippen LogP contribution in [-0.2, 0) is 0 Å². The second-order valence-electron chi connectivity index (χ2n) is 4.07. The van der Waals surface area contributed by atoms with E-state index in [4.69, 9.17) is 0 Å². The zero-order valence-corrected chi connectivity index (χ0v) is 10.6. The molecule has 1 aliphatic rings. The van der Waals surface area contributed by atoms with E-state index in [1.807, 2.05) is 6.20 Å². The van der Waals surface area contributed by atoms with Crippen molar-refractivity contribution in [3.05, 3.63) is 16.7 Å². The van der Waals surface area contributed by atoms with Gasteiger partial charge in [0.2, 0.25) is 0 Å². The van der Waals surface area contributed by atoms with Gasteiger partial charge in [-0.2, -0.15) is 0 Å². The van der Waals surface area contributed by atoms with Crippen molar-refractivity contribution in [2.45, 2.75) is 26.3 Å². The van der Waals surface area contributed by atoms with Crippen LogP contribution in [0.25, 0.3) is 0 Å². The Hall–Kier alpha value is -0.770. The predicted molar refractivity (Wildman–Crippen MR) is 67.3 cm³/mol. The lowest BCUT2D eigenvalue weighted by Gasteiger charge is -2.31. The molecule has 82 valence electrons. The summed E-state index contributed by atoms with van der Waals surface area (Å²) >= 11 is 3.42. The Morgan fingerprint density at radius 3 is 3.20 bits per heavy atom. The van der Waals surface area contributed by atoms with E-state index < -0.39 is 0 Å². The molecule has 0 bridgehead atoms. The van der Waals surface area contributed by atoms with Crippen molar-refractivity contribution in [2.24, 2.45) is 5.92 Å². The van der Waals surface area contributed by atoms with Gasteiger partial charge in [-0.15, -0.1) is 0 Å². The van der Waals surface area contributed by atoms with Gasteiger partial charge < -0.3 is 10.6 Å². The summed E-state index contributed by atoms with van der Waals surface area (Å²) < 4.78 is 1.01. The Morgan fingerprint density at radius 2 is 2.47 bits per heavy atom. The number of anilines is 2. The smallest absolute Gasteiger partial charge is 0.149 e. The molecule has 0 aromatic carbocycles. The Bertz CT molecular complexity index is 354. The molecule has 1 aromatic heterocycles. The van der Waals surface area contributed by atoms with Gasteiger partial charge in [-0.1, -0.05) is 20.3 Å². The molecule has 0 radical (unpaired) electrons. The number of hydrogen-bond donors (Lipinski definition) is 2. The van der Waals surface area contributed by atoms with Crippen molar-refractivity contribution in [1.82, 2.24) is 4.98 Å². The molecule has 4 heteroatoms. The Kier molecular flexibility index (Phi) is 3.14. The summed E-state index contributed by atoms with van der Waals surface area (Å²) in [7, 11) is 0. The first-order chi connectivity index (χ1) is 7.20. The molecule has 0 fully saturated rings. The van der Waals surface area contributed by atoms with Crippen LogP contribution in [0.1, 0.15) is 20.3 Å². The first kappa shape index (κ1) is 10.7. The monoisotopic (exact) mass is 269 g/mol. The van der Waals surface area contributed by atoms with Gasteiger partial charge in [0.05, 0.1) is 5.69 Å². The third-order valence-electron chi connectivity index (χ3n) is 3.02. The minimum atomic E-state index is 0.483.